The van der Waals surface area contributed by atoms with Gasteiger partial charge in [0.2, 0.25) is 0 Å². The molecule has 3 nitrogen and oxygen atoms in total. The summed E-state index contributed by atoms with van der Waals surface area (Å²) in [4.78, 5) is 6.16. The minimum atomic E-state index is 0.191. The lowest BCUT2D eigenvalue weighted by Gasteiger charge is -2.21. The number of aliphatic hydroxyl groups excluding tert-OH is 1. The van der Waals surface area contributed by atoms with Crippen molar-refractivity contribution in [2.24, 2.45) is 0 Å². The number of aromatic nitrogens is 1. The Labute approximate surface area is 117 Å². The molecule has 1 heterocycles. The maximum atomic E-state index is 8.95. The van der Waals surface area contributed by atoms with Gasteiger partial charge < -0.3 is 10.4 Å². The van der Waals surface area contributed by atoms with E-state index in [1.165, 1.54) is 22.6 Å². The second-order valence-electron chi connectivity index (χ2n) is 4.82. The lowest BCUT2D eigenvalue weighted by Crippen LogP contribution is -2.26. The van der Waals surface area contributed by atoms with Crippen LogP contribution in [-0.4, -0.2) is 23.2 Å². The highest BCUT2D eigenvalue weighted by molar-refractivity contribution is 7.15. The Hall–Kier alpha value is -1.23. The summed E-state index contributed by atoms with van der Waals surface area (Å²) < 4.78 is 0. The summed E-state index contributed by atoms with van der Waals surface area (Å²) in [6.07, 6.45) is 3.40. The topological polar surface area (TPSA) is 45.1 Å². The zero-order valence-electron chi connectivity index (χ0n) is 10.8. The number of rotatable bonds is 4. The molecular formula is C15H18N2OS. The van der Waals surface area contributed by atoms with Crippen LogP contribution < -0.4 is 5.32 Å². The molecule has 0 fully saturated rings. The summed E-state index contributed by atoms with van der Waals surface area (Å²) in [5.41, 5.74) is 2.44. The number of nitrogens with zero attached hydrogens (tertiary/aromatic N) is 1. The Morgan fingerprint density at radius 1 is 1.32 bits per heavy atom. The van der Waals surface area contributed by atoms with Crippen LogP contribution in [0.5, 0.6) is 0 Å². The van der Waals surface area contributed by atoms with Gasteiger partial charge in [0.1, 0.15) is 5.01 Å². The number of fused-ring (bicyclic) bond motifs is 1. The molecule has 1 aliphatic carbocycles. The minimum absolute atomic E-state index is 0.191. The first-order chi connectivity index (χ1) is 9.38. The maximum absolute atomic E-state index is 8.95. The molecule has 0 aliphatic heterocycles. The molecule has 1 unspecified atom stereocenters. The van der Waals surface area contributed by atoms with Gasteiger partial charge in [0, 0.05) is 23.0 Å². The van der Waals surface area contributed by atoms with E-state index in [9.17, 15) is 0 Å². The van der Waals surface area contributed by atoms with Gasteiger partial charge in [-0.15, -0.1) is 11.3 Å². The molecule has 0 saturated carbocycles. The Bertz CT molecular complexity index is 538. The fourth-order valence-corrected chi connectivity index (χ4v) is 3.78. The smallest absolute Gasteiger partial charge is 0.123 e. The van der Waals surface area contributed by atoms with Crippen LogP contribution in [0.25, 0.3) is 10.6 Å². The third kappa shape index (κ3) is 2.71. The van der Waals surface area contributed by atoms with Gasteiger partial charge in [-0.25, -0.2) is 4.98 Å². The van der Waals surface area contributed by atoms with E-state index in [1.807, 2.05) is 6.07 Å². The first kappa shape index (κ1) is 12.8. The minimum Gasteiger partial charge on any atom is -0.395 e. The van der Waals surface area contributed by atoms with Crippen LogP contribution >= 0.6 is 11.3 Å². The number of aryl methyl sites for hydroxylation is 1. The molecule has 0 saturated heterocycles. The molecule has 3 rings (SSSR count). The third-order valence-corrected chi connectivity index (χ3v) is 4.73. The lowest BCUT2D eigenvalue weighted by atomic mass is 9.98. The highest BCUT2D eigenvalue weighted by Crippen LogP contribution is 2.37. The summed E-state index contributed by atoms with van der Waals surface area (Å²) in [7, 11) is 0. The lowest BCUT2D eigenvalue weighted by molar-refractivity contribution is 0.281. The number of nitrogens with one attached hydrogen (secondary N) is 1. The molecule has 1 atom stereocenters. The van der Waals surface area contributed by atoms with Gasteiger partial charge in [-0.2, -0.15) is 0 Å². The van der Waals surface area contributed by atoms with E-state index in [2.05, 4.69) is 29.6 Å². The molecule has 0 spiro atoms. The van der Waals surface area contributed by atoms with Crippen LogP contribution in [0.15, 0.2) is 30.3 Å². The number of hydrogen-bond donors (Lipinski definition) is 2. The van der Waals surface area contributed by atoms with Crippen molar-refractivity contribution in [1.82, 2.24) is 10.3 Å². The molecule has 0 radical (unpaired) electrons. The van der Waals surface area contributed by atoms with Crippen molar-refractivity contribution in [1.29, 1.82) is 0 Å². The molecule has 100 valence electrons. The predicted octanol–water partition coefficient (Wildman–Crippen LogP) is 2.77. The Kier molecular flexibility index (Phi) is 3.92. The zero-order valence-corrected chi connectivity index (χ0v) is 11.6. The maximum Gasteiger partial charge on any atom is 0.123 e. The summed E-state index contributed by atoms with van der Waals surface area (Å²) >= 11 is 1.79. The summed E-state index contributed by atoms with van der Waals surface area (Å²) in [5.74, 6) is 0. The van der Waals surface area contributed by atoms with Crippen molar-refractivity contribution in [2.75, 3.05) is 13.2 Å². The molecule has 2 N–H and O–H groups in total. The van der Waals surface area contributed by atoms with Crippen LogP contribution in [0.4, 0.5) is 0 Å². The molecule has 0 bridgehead atoms. The van der Waals surface area contributed by atoms with Gasteiger partial charge in [-0.3, -0.25) is 0 Å². The molecule has 1 aliphatic rings. The fraction of sp³-hybridized carbons (Fsp3) is 0.400. The van der Waals surface area contributed by atoms with E-state index in [0.29, 0.717) is 12.6 Å². The van der Waals surface area contributed by atoms with Gasteiger partial charge in [-0.05, 0) is 19.3 Å². The standard InChI is InChI=1S/C15H18N2OS/c18-10-9-16-12-7-4-8-13-14(12)19-15(17-13)11-5-2-1-3-6-11/h1-3,5-6,12,16,18H,4,7-10H2. The van der Waals surface area contributed by atoms with E-state index >= 15 is 0 Å². The van der Waals surface area contributed by atoms with Crippen molar-refractivity contribution in [3.63, 3.8) is 0 Å². The van der Waals surface area contributed by atoms with E-state index in [4.69, 9.17) is 10.1 Å². The molecule has 0 amide bonds. The monoisotopic (exact) mass is 274 g/mol. The normalized spacial score (nSPS) is 18.3. The van der Waals surface area contributed by atoms with Gasteiger partial charge in [0.25, 0.3) is 0 Å². The van der Waals surface area contributed by atoms with Gasteiger partial charge in [0.05, 0.1) is 12.3 Å². The number of thiazole rings is 1. The van der Waals surface area contributed by atoms with Crippen molar-refractivity contribution in [3.8, 4) is 10.6 Å². The second-order valence-corrected chi connectivity index (χ2v) is 5.85. The fourth-order valence-electron chi connectivity index (χ4n) is 2.56. The molecule has 4 heteroatoms. The quantitative estimate of drug-likeness (QED) is 0.901. The van der Waals surface area contributed by atoms with E-state index in [0.717, 1.165) is 17.8 Å². The van der Waals surface area contributed by atoms with Crippen molar-refractivity contribution in [3.05, 3.63) is 40.9 Å². The first-order valence-corrected chi connectivity index (χ1v) is 7.59. The number of aliphatic hydroxyl groups is 1. The summed E-state index contributed by atoms with van der Waals surface area (Å²) in [6, 6.07) is 10.7. The average molecular weight is 274 g/mol. The highest BCUT2D eigenvalue weighted by atomic mass is 32.1. The van der Waals surface area contributed by atoms with E-state index in [1.54, 1.807) is 11.3 Å². The SMILES string of the molecule is OCCNC1CCCc2nc(-c3ccccc3)sc21. The average Bonchev–Trinajstić information content (AvgIpc) is 2.90. The largest absolute Gasteiger partial charge is 0.395 e. The Morgan fingerprint density at radius 2 is 2.16 bits per heavy atom. The van der Waals surface area contributed by atoms with Crippen LogP contribution in [0.1, 0.15) is 29.5 Å². The van der Waals surface area contributed by atoms with Crippen molar-refractivity contribution >= 4 is 11.3 Å². The number of hydrogen-bond acceptors (Lipinski definition) is 4. The van der Waals surface area contributed by atoms with Crippen LogP contribution in [0, 0.1) is 0 Å². The predicted molar refractivity (Wildman–Crippen MR) is 78.3 cm³/mol. The summed E-state index contributed by atoms with van der Waals surface area (Å²) in [5, 5.41) is 13.5. The van der Waals surface area contributed by atoms with Crippen LogP contribution in [0.2, 0.25) is 0 Å². The molecule has 19 heavy (non-hydrogen) atoms. The van der Waals surface area contributed by atoms with Gasteiger partial charge in [-0.1, -0.05) is 30.3 Å². The molecule has 2 aromatic rings. The van der Waals surface area contributed by atoms with Crippen molar-refractivity contribution in [2.45, 2.75) is 25.3 Å². The molecular weight excluding hydrogens is 256 g/mol. The Morgan fingerprint density at radius 3 is 2.95 bits per heavy atom. The van der Waals surface area contributed by atoms with E-state index < -0.39 is 0 Å². The van der Waals surface area contributed by atoms with Crippen LogP contribution in [-0.2, 0) is 6.42 Å². The molecule has 1 aromatic carbocycles. The zero-order chi connectivity index (χ0) is 13.1. The van der Waals surface area contributed by atoms with Crippen molar-refractivity contribution < 1.29 is 5.11 Å². The summed E-state index contributed by atoms with van der Waals surface area (Å²) in [6.45, 7) is 0.846. The van der Waals surface area contributed by atoms with E-state index in [-0.39, 0.29) is 6.61 Å². The first-order valence-electron chi connectivity index (χ1n) is 6.78. The van der Waals surface area contributed by atoms with Gasteiger partial charge in [0.15, 0.2) is 0 Å². The number of benzene rings is 1. The third-order valence-electron chi connectivity index (χ3n) is 3.47. The second kappa shape index (κ2) is 5.82. The van der Waals surface area contributed by atoms with Gasteiger partial charge >= 0.3 is 0 Å². The Balaban J connectivity index is 1.89. The highest BCUT2D eigenvalue weighted by Gasteiger charge is 2.24. The van der Waals surface area contributed by atoms with Crippen LogP contribution in [0.3, 0.4) is 0 Å². The molecule has 1 aromatic heterocycles.